The van der Waals surface area contributed by atoms with Crippen LogP contribution in [0.3, 0.4) is 0 Å². The molecule has 3 rings (SSSR count). The van der Waals surface area contributed by atoms with Gasteiger partial charge < -0.3 is 4.74 Å². The lowest BCUT2D eigenvalue weighted by molar-refractivity contribution is -0.119. The van der Waals surface area contributed by atoms with Crippen LogP contribution in [0.1, 0.15) is 21.5 Å². The molecule has 2 amide bonds. The van der Waals surface area contributed by atoms with E-state index >= 15 is 0 Å². The van der Waals surface area contributed by atoms with Crippen molar-refractivity contribution in [3.05, 3.63) is 70.5 Å². The summed E-state index contributed by atoms with van der Waals surface area (Å²) in [5.74, 6) is -0.459. The Balaban J connectivity index is 1.59. The van der Waals surface area contributed by atoms with E-state index in [1.54, 1.807) is 18.3 Å². The molecule has 3 aromatic rings. The van der Waals surface area contributed by atoms with Crippen LogP contribution in [0.5, 0.6) is 5.75 Å². The summed E-state index contributed by atoms with van der Waals surface area (Å²) in [7, 11) is 1.45. The number of carbonyl (C=O) groups excluding carboxylic acids is 2. The van der Waals surface area contributed by atoms with Crippen LogP contribution in [0, 0.1) is 13.8 Å². The fourth-order valence-corrected chi connectivity index (χ4v) is 3.81. The van der Waals surface area contributed by atoms with Crippen LogP contribution in [-0.4, -0.2) is 34.2 Å². The third-order valence-electron chi connectivity index (χ3n) is 4.27. The van der Waals surface area contributed by atoms with E-state index < -0.39 is 5.91 Å². The molecule has 30 heavy (non-hydrogen) atoms. The van der Waals surface area contributed by atoms with Crippen molar-refractivity contribution < 1.29 is 14.3 Å². The topological polar surface area (TPSA) is 85.2 Å². The molecular weight excluding hydrogens is 424 g/mol. The van der Waals surface area contributed by atoms with Crippen molar-refractivity contribution in [1.82, 2.24) is 20.4 Å². The van der Waals surface area contributed by atoms with Crippen molar-refractivity contribution in [2.45, 2.75) is 19.0 Å². The Hall–Kier alpha value is -2.97. The van der Waals surface area contributed by atoms with Crippen molar-refractivity contribution in [3.63, 3.8) is 0 Å². The van der Waals surface area contributed by atoms with Gasteiger partial charge in [-0.1, -0.05) is 41.1 Å². The highest BCUT2D eigenvalue weighted by Crippen LogP contribution is 2.24. The third-order valence-corrected chi connectivity index (χ3v) is 5.47. The minimum Gasteiger partial charge on any atom is -0.496 e. The zero-order chi connectivity index (χ0) is 21.7. The van der Waals surface area contributed by atoms with Gasteiger partial charge in [0.15, 0.2) is 5.16 Å². The Bertz CT molecular complexity index is 1080. The molecule has 0 aliphatic rings. The highest BCUT2D eigenvalue weighted by molar-refractivity contribution is 7.99. The average Bonchev–Trinajstić information content (AvgIpc) is 3.18. The van der Waals surface area contributed by atoms with Crippen LogP contribution in [0.4, 0.5) is 0 Å². The first-order valence-corrected chi connectivity index (χ1v) is 10.4. The predicted octanol–water partition coefficient (Wildman–Crippen LogP) is 3.70. The smallest absolute Gasteiger partial charge is 0.273 e. The van der Waals surface area contributed by atoms with Gasteiger partial charge in [0, 0.05) is 17.4 Å². The van der Waals surface area contributed by atoms with Gasteiger partial charge in [0.2, 0.25) is 5.91 Å². The molecule has 0 aliphatic carbocycles. The Labute approximate surface area is 183 Å². The average molecular weight is 445 g/mol. The molecule has 1 heterocycles. The van der Waals surface area contributed by atoms with Gasteiger partial charge in [-0.05, 0) is 43.7 Å². The molecule has 2 N–H and O–H groups in total. The number of nitrogens with zero attached hydrogens (tertiary/aromatic N) is 2. The number of methoxy groups -OCH3 is 1. The van der Waals surface area contributed by atoms with Crippen LogP contribution in [-0.2, 0) is 4.79 Å². The molecule has 0 spiro atoms. The lowest BCUT2D eigenvalue weighted by atomic mass is 10.1. The number of hydrogen-bond donors (Lipinski definition) is 2. The molecule has 0 unspecified atom stereocenters. The van der Waals surface area contributed by atoms with Gasteiger partial charge in [0.25, 0.3) is 5.91 Å². The quantitative estimate of drug-likeness (QED) is 0.447. The standard InChI is InChI=1S/C21H21ClN4O3S/c1-13-4-6-17(14(2)10-13)26-9-8-23-21(26)30-12-19(27)24-25-20(28)16-11-15(22)5-7-18(16)29-3/h4-11H,12H2,1-3H3,(H,24,27)(H,25,28). The van der Waals surface area contributed by atoms with Gasteiger partial charge in [-0.3, -0.25) is 25.0 Å². The number of thioether (sulfide) groups is 1. The number of aromatic nitrogens is 2. The van der Waals surface area contributed by atoms with E-state index in [-0.39, 0.29) is 17.2 Å². The molecule has 0 aliphatic heterocycles. The van der Waals surface area contributed by atoms with Crippen LogP contribution in [0.2, 0.25) is 5.02 Å². The number of amides is 2. The lowest BCUT2D eigenvalue weighted by Gasteiger charge is -2.12. The molecule has 0 saturated carbocycles. The zero-order valence-electron chi connectivity index (χ0n) is 16.7. The van der Waals surface area contributed by atoms with Crippen LogP contribution in [0.15, 0.2) is 53.9 Å². The molecule has 156 valence electrons. The van der Waals surface area contributed by atoms with E-state index in [9.17, 15) is 9.59 Å². The first-order valence-electron chi connectivity index (χ1n) is 9.05. The Morgan fingerprint density at radius 2 is 1.97 bits per heavy atom. The van der Waals surface area contributed by atoms with Crippen molar-refractivity contribution in [2.75, 3.05) is 12.9 Å². The van der Waals surface area contributed by atoms with Crippen LogP contribution in [0.25, 0.3) is 5.69 Å². The number of ether oxygens (including phenoxy) is 1. The summed E-state index contributed by atoms with van der Waals surface area (Å²) in [5.41, 5.74) is 8.29. The maximum Gasteiger partial charge on any atom is 0.273 e. The number of halogens is 1. The van der Waals surface area contributed by atoms with Gasteiger partial charge in [0.1, 0.15) is 5.75 Å². The molecule has 0 bridgehead atoms. The summed E-state index contributed by atoms with van der Waals surface area (Å²) in [6.45, 7) is 4.07. The van der Waals surface area contributed by atoms with E-state index in [4.69, 9.17) is 16.3 Å². The fraction of sp³-hybridized carbons (Fsp3) is 0.190. The zero-order valence-corrected chi connectivity index (χ0v) is 18.3. The third kappa shape index (κ3) is 5.14. The Kier molecular flexibility index (Phi) is 7.02. The summed E-state index contributed by atoms with van der Waals surface area (Å²) in [4.78, 5) is 28.9. The molecule has 0 atom stereocenters. The van der Waals surface area contributed by atoms with Gasteiger partial charge in [0.05, 0.1) is 24.1 Å². The summed E-state index contributed by atoms with van der Waals surface area (Å²) in [6, 6.07) is 10.8. The van der Waals surface area contributed by atoms with E-state index in [0.717, 1.165) is 11.3 Å². The predicted molar refractivity (Wildman–Crippen MR) is 117 cm³/mol. The molecule has 0 radical (unpaired) electrons. The van der Waals surface area contributed by atoms with E-state index in [0.29, 0.717) is 15.9 Å². The van der Waals surface area contributed by atoms with E-state index in [1.807, 2.05) is 36.7 Å². The molecule has 0 fully saturated rings. The van der Waals surface area contributed by atoms with Crippen molar-refractivity contribution >= 4 is 35.2 Å². The first kappa shape index (κ1) is 21.7. The monoisotopic (exact) mass is 444 g/mol. The number of carbonyl (C=O) groups is 2. The summed E-state index contributed by atoms with van der Waals surface area (Å²) < 4.78 is 7.08. The molecule has 2 aromatic carbocycles. The van der Waals surface area contributed by atoms with Gasteiger partial charge in [-0.15, -0.1) is 0 Å². The Morgan fingerprint density at radius 1 is 1.17 bits per heavy atom. The maximum atomic E-state index is 12.3. The number of hydrogen-bond acceptors (Lipinski definition) is 5. The lowest BCUT2D eigenvalue weighted by Crippen LogP contribution is -2.42. The summed E-state index contributed by atoms with van der Waals surface area (Å²) in [5, 5.41) is 1.07. The maximum absolute atomic E-state index is 12.3. The van der Waals surface area contributed by atoms with Gasteiger partial charge >= 0.3 is 0 Å². The number of rotatable bonds is 6. The van der Waals surface area contributed by atoms with Crippen molar-refractivity contribution in [3.8, 4) is 11.4 Å². The number of benzene rings is 2. The number of imidazole rings is 1. The second-order valence-corrected chi connectivity index (χ2v) is 7.88. The number of hydrazine groups is 1. The summed E-state index contributed by atoms with van der Waals surface area (Å²) >= 11 is 7.21. The minimum atomic E-state index is -0.524. The fourth-order valence-electron chi connectivity index (χ4n) is 2.87. The highest BCUT2D eigenvalue weighted by atomic mass is 35.5. The van der Waals surface area contributed by atoms with Crippen LogP contribution < -0.4 is 15.6 Å². The molecule has 1 aromatic heterocycles. The summed E-state index contributed by atoms with van der Waals surface area (Å²) in [6.07, 6.45) is 3.54. The van der Waals surface area contributed by atoms with Crippen molar-refractivity contribution in [2.24, 2.45) is 0 Å². The van der Waals surface area contributed by atoms with Gasteiger partial charge in [-0.25, -0.2) is 4.98 Å². The Morgan fingerprint density at radius 3 is 2.70 bits per heavy atom. The minimum absolute atomic E-state index is 0.0783. The van der Waals surface area contributed by atoms with E-state index in [2.05, 4.69) is 21.9 Å². The molecule has 9 heteroatoms. The van der Waals surface area contributed by atoms with Crippen LogP contribution >= 0.6 is 23.4 Å². The number of nitrogens with one attached hydrogen (secondary N) is 2. The SMILES string of the molecule is COc1ccc(Cl)cc1C(=O)NNC(=O)CSc1nccn1-c1ccc(C)cc1C. The largest absolute Gasteiger partial charge is 0.496 e. The number of aryl methyl sites for hydroxylation is 2. The highest BCUT2D eigenvalue weighted by Gasteiger charge is 2.15. The normalized spacial score (nSPS) is 10.5. The van der Waals surface area contributed by atoms with E-state index in [1.165, 1.54) is 30.5 Å². The van der Waals surface area contributed by atoms with Crippen molar-refractivity contribution in [1.29, 1.82) is 0 Å². The second kappa shape index (κ2) is 9.69. The first-order chi connectivity index (χ1) is 14.4. The molecular formula is C21H21ClN4O3S. The molecule has 0 saturated heterocycles. The molecule has 7 nitrogen and oxygen atoms in total. The van der Waals surface area contributed by atoms with Gasteiger partial charge in [-0.2, -0.15) is 0 Å². The second-order valence-electron chi connectivity index (χ2n) is 6.51.